The van der Waals surface area contributed by atoms with Crippen molar-refractivity contribution in [2.24, 2.45) is 0 Å². The molecule has 0 spiro atoms. The van der Waals surface area contributed by atoms with Gasteiger partial charge in [0, 0.05) is 12.1 Å². The number of carbonyl (C=O) groups excluding carboxylic acids is 2. The lowest BCUT2D eigenvalue weighted by atomic mass is 10.2. The Morgan fingerprint density at radius 3 is 2.84 bits per heavy atom. The van der Waals surface area contributed by atoms with Crippen LogP contribution in [0.3, 0.4) is 0 Å². The number of ether oxygens (including phenoxy) is 1. The van der Waals surface area contributed by atoms with E-state index in [0.29, 0.717) is 45.6 Å². The van der Waals surface area contributed by atoms with Crippen LogP contribution in [-0.2, 0) is 20.9 Å². The van der Waals surface area contributed by atoms with Crippen molar-refractivity contribution in [2.75, 3.05) is 30.5 Å². The summed E-state index contributed by atoms with van der Waals surface area (Å²) in [5, 5.41) is 3.46. The van der Waals surface area contributed by atoms with Crippen molar-refractivity contribution >= 4 is 57.5 Å². The molecule has 1 aliphatic heterocycles. The van der Waals surface area contributed by atoms with Crippen molar-refractivity contribution in [1.82, 2.24) is 9.55 Å². The quantitative estimate of drug-likeness (QED) is 0.437. The molecule has 1 aromatic heterocycles. The van der Waals surface area contributed by atoms with Gasteiger partial charge in [0.25, 0.3) is 5.56 Å². The molecule has 3 aromatic rings. The first kappa shape index (κ1) is 22.3. The van der Waals surface area contributed by atoms with Crippen LogP contribution in [0.4, 0.5) is 11.4 Å². The van der Waals surface area contributed by atoms with E-state index >= 15 is 0 Å². The number of thioether (sulfide) groups is 1. The van der Waals surface area contributed by atoms with Crippen LogP contribution in [0.2, 0.25) is 5.02 Å². The summed E-state index contributed by atoms with van der Waals surface area (Å²) in [6.07, 6.45) is 0. The minimum atomic E-state index is -0.605. The Bertz CT molecular complexity index is 1260. The van der Waals surface area contributed by atoms with E-state index in [4.69, 9.17) is 16.3 Å². The summed E-state index contributed by atoms with van der Waals surface area (Å²) in [4.78, 5) is 44.6. The van der Waals surface area contributed by atoms with E-state index < -0.39 is 5.25 Å². The number of anilines is 2. The summed E-state index contributed by atoms with van der Waals surface area (Å²) >= 11 is 7.26. The van der Waals surface area contributed by atoms with Crippen LogP contribution >= 0.6 is 23.4 Å². The van der Waals surface area contributed by atoms with E-state index in [9.17, 15) is 14.4 Å². The Kier molecular flexibility index (Phi) is 6.50. The summed E-state index contributed by atoms with van der Waals surface area (Å²) < 4.78 is 6.65. The van der Waals surface area contributed by atoms with Crippen molar-refractivity contribution in [3.05, 3.63) is 57.8 Å². The molecule has 1 aliphatic rings. The van der Waals surface area contributed by atoms with E-state index in [1.54, 1.807) is 50.4 Å². The summed E-state index contributed by atoms with van der Waals surface area (Å²) in [5.74, 6) is -0.513. The maximum absolute atomic E-state index is 13.3. The molecule has 1 N–H and O–H groups in total. The monoisotopic (exact) mass is 472 g/mol. The number of amides is 2. The van der Waals surface area contributed by atoms with Gasteiger partial charge in [0.05, 0.1) is 40.7 Å². The fourth-order valence-electron chi connectivity index (χ4n) is 3.50. The van der Waals surface area contributed by atoms with E-state index in [-0.39, 0.29) is 23.9 Å². The molecule has 1 unspecified atom stereocenters. The second-order valence-electron chi connectivity index (χ2n) is 7.26. The third kappa shape index (κ3) is 4.36. The van der Waals surface area contributed by atoms with Crippen molar-refractivity contribution in [2.45, 2.75) is 23.9 Å². The van der Waals surface area contributed by atoms with Crippen molar-refractivity contribution in [3.8, 4) is 0 Å². The smallest absolute Gasteiger partial charge is 0.262 e. The van der Waals surface area contributed by atoms with Crippen LogP contribution in [-0.4, -0.2) is 46.9 Å². The Labute approximate surface area is 193 Å². The average molecular weight is 473 g/mol. The molecular weight excluding hydrogens is 452 g/mol. The summed E-state index contributed by atoms with van der Waals surface area (Å²) in [7, 11) is 1.55. The number of benzene rings is 2. The number of para-hydroxylation sites is 2. The number of nitrogens with one attached hydrogen (secondary N) is 1. The molecule has 2 aromatic carbocycles. The highest BCUT2D eigenvalue weighted by atomic mass is 35.5. The topological polar surface area (TPSA) is 93.5 Å². The van der Waals surface area contributed by atoms with Gasteiger partial charge in [0.1, 0.15) is 6.54 Å². The molecule has 0 bridgehead atoms. The number of fused-ring (bicyclic) bond motifs is 2. The molecule has 0 saturated carbocycles. The van der Waals surface area contributed by atoms with Crippen molar-refractivity contribution < 1.29 is 14.3 Å². The molecule has 0 aliphatic carbocycles. The number of rotatable bonds is 6. The largest absolute Gasteiger partial charge is 0.383 e. The van der Waals surface area contributed by atoms with Crippen LogP contribution in [0.25, 0.3) is 10.9 Å². The first-order valence-corrected chi connectivity index (χ1v) is 11.2. The third-order valence-electron chi connectivity index (χ3n) is 5.07. The Morgan fingerprint density at radius 1 is 1.28 bits per heavy atom. The van der Waals surface area contributed by atoms with Gasteiger partial charge in [0.15, 0.2) is 5.16 Å². The molecule has 4 rings (SSSR count). The standard InChI is InChI=1S/C22H21ClN4O4S/c1-13(20(29)27-12-19(28)24-16-5-3-4-6-18(16)27)32-22-25-17-11-14(23)7-8-15(17)21(30)26(22)9-10-31-2/h3-8,11,13H,9-10,12H2,1-2H3,(H,24,28). The van der Waals surface area contributed by atoms with Gasteiger partial charge in [-0.05, 0) is 37.3 Å². The van der Waals surface area contributed by atoms with Gasteiger partial charge in [-0.15, -0.1) is 0 Å². The van der Waals surface area contributed by atoms with E-state index in [1.807, 2.05) is 6.07 Å². The number of methoxy groups -OCH3 is 1. The molecule has 32 heavy (non-hydrogen) atoms. The second-order valence-corrected chi connectivity index (χ2v) is 9.00. The zero-order chi connectivity index (χ0) is 22.8. The maximum Gasteiger partial charge on any atom is 0.262 e. The van der Waals surface area contributed by atoms with Gasteiger partial charge in [-0.2, -0.15) is 0 Å². The van der Waals surface area contributed by atoms with Gasteiger partial charge in [-0.1, -0.05) is 35.5 Å². The van der Waals surface area contributed by atoms with Crippen LogP contribution in [0.1, 0.15) is 6.92 Å². The van der Waals surface area contributed by atoms with E-state index in [2.05, 4.69) is 10.3 Å². The van der Waals surface area contributed by atoms with Gasteiger partial charge in [-0.25, -0.2) is 4.98 Å². The number of halogens is 1. The Balaban J connectivity index is 1.68. The number of hydrogen-bond acceptors (Lipinski definition) is 6. The minimum absolute atomic E-state index is 0.0714. The molecule has 8 nitrogen and oxygen atoms in total. The number of nitrogens with zero attached hydrogens (tertiary/aromatic N) is 3. The van der Waals surface area contributed by atoms with Gasteiger partial charge < -0.3 is 10.1 Å². The van der Waals surface area contributed by atoms with Crippen molar-refractivity contribution in [1.29, 1.82) is 0 Å². The van der Waals surface area contributed by atoms with E-state index in [0.717, 1.165) is 11.8 Å². The lowest BCUT2D eigenvalue weighted by Gasteiger charge is -2.31. The van der Waals surface area contributed by atoms with Crippen LogP contribution in [0.5, 0.6) is 0 Å². The zero-order valence-corrected chi connectivity index (χ0v) is 19.1. The van der Waals surface area contributed by atoms with Crippen LogP contribution in [0, 0.1) is 0 Å². The first-order valence-electron chi connectivity index (χ1n) is 9.95. The second kappa shape index (κ2) is 9.32. The fraction of sp³-hybridized carbons (Fsp3) is 0.273. The molecule has 1 atom stereocenters. The molecule has 166 valence electrons. The molecule has 2 heterocycles. The number of carbonyl (C=O) groups is 2. The van der Waals surface area contributed by atoms with Crippen LogP contribution in [0.15, 0.2) is 52.4 Å². The van der Waals surface area contributed by atoms with Gasteiger partial charge >= 0.3 is 0 Å². The third-order valence-corrected chi connectivity index (χ3v) is 6.38. The summed E-state index contributed by atoms with van der Waals surface area (Å²) in [6.45, 7) is 2.27. The maximum atomic E-state index is 13.3. The van der Waals surface area contributed by atoms with Crippen molar-refractivity contribution in [3.63, 3.8) is 0 Å². The lowest BCUT2D eigenvalue weighted by molar-refractivity contribution is -0.121. The number of hydrogen-bond donors (Lipinski definition) is 1. The van der Waals surface area contributed by atoms with Gasteiger partial charge in [-0.3, -0.25) is 23.9 Å². The number of aromatic nitrogens is 2. The lowest BCUT2D eigenvalue weighted by Crippen LogP contribution is -2.45. The molecule has 0 radical (unpaired) electrons. The molecular formula is C22H21ClN4O4S. The molecule has 10 heteroatoms. The fourth-order valence-corrected chi connectivity index (χ4v) is 4.66. The zero-order valence-electron chi connectivity index (χ0n) is 17.5. The minimum Gasteiger partial charge on any atom is -0.383 e. The SMILES string of the molecule is COCCn1c(SC(C)C(=O)N2CC(=O)Nc3ccccc32)nc2cc(Cl)ccc2c1=O. The predicted molar refractivity (Wildman–Crippen MR) is 126 cm³/mol. The average Bonchev–Trinajstić information content (AvgIpc) is 2.77. The predicted octanol–water partition coefficient (Wildman–Crippen LogP) is 3.16. The Morgan fingerprint density at radius 2 is 2.06 bits per heavy atom. The normalized spacial score (nSPS) is 14.2. The highest BCUT2D eigenvalue weighted by molar-refractivity contribution is 8.00. The van der Waals surface area contributed by atoms with Gasteiger partial charge in [0.2, 0.25) is 11.8 Å². The summed E-state index contributed by atoms with van der Waals surface area (Å²) in [6, 6.07) is 12.1. The molecule has 0 saturated heterocycles. The highest BCUT2D eigenvalue weighted by Crippen LogP contribution is 2.32. The summed E-state index contributed by atoms with van der Waals surface area (Å²) in [5.41, 5.74) is 1.46. The molecule has 0 fully saturated rings. The highest BCUT2D eigenvalue weighted by Gasteiger charge is 2.31. The van der Waals surface area contributed by atoms with E-state index in [1.165, 1.54) is 9.47 Å². The van der Waals surface area contributed by atoms with Crippen LogP contribution < -0.4 is 15.8 Å². The molecule has 2 amide bonds. The Hall–Kier alpha value is -2.88. The first-order chi connectivity index (χ1) is 15.4.